The van der Waals surface area contributed by atoms with Crippen molar-refractivity contribution in [2.75, 3.05) is 25.0 Å². The van der Waals surface area contributed by atoms with Gasteiger partial charge in [0.1, 0.15) is 5.82 Å². The third-order valence-corrected chi connectivity index (χ3v) is 3.99. The van der Waals surface area contributed by atoms with Crippen LogP contribution in [-0.4, -0.2) is 51.4 Å². The highest BCUT2D eigenvalue weighted by molar-refractivity contribution is 5.91. The van der Waals surface area contributed by atoms with Gasteiger partial charge in [-0.05, 0) is 39.7 Å². The van der Waals surface area contributed by atoms with E-state index in [2.05, 4.69) is 15.3 Å². The molecule has 2 rings (SSSR count). The number of aliphatic hydroxyl groups is 1. The van der Waals surface area contributed by atoms with Crippen LogP contribution >= 0.6 is 0 Å². The van der Waals surface area contributed by atoms with Gasteiger partial charge in [-0.25, -0.2) is 4.68 Å². The Labute approximate surface area is 126 Å². The summed E-state index contributed by atoms with van der Waals surface area (Å²) >= 11 is 0. The van der Waals surface area contributed by atoms with Crippen LogP contribution in [0.3, 0.4) is 0 Å². The molecule has 1 aliphatic heterocycles. The molecule has 2 heterocycles. The van der Waals surface area contributed by atoms with Gasteiger partial charge in [-0.15, -0.1) is 0 Å². The highest BCUT2D eigenvalue weighted by Crippen LogP contribution is 2.19. The van der Waals surface area contributed by atoms with Crippen molar-refractivity contribution >= 4 is 11.7 Å². The van der Waals surface area contributed by atoms with E-state index in [1.807, 2.05) is 19.9 Å². The molecule has 1 unspecified atom stereocenters. The Balaban J connectivity index is 1.92. The molecular weight excluding hydrogens is 268 g/mol. The number of hydrogen-bond acceptors (Lipinski definition) is 4. The zero-order valence-corrected chi connectivity index (χ0v) is 13.0. The highest BCUT2D eigenvalue weighted by atomic mass is 16.3. The monoisotopic (exact) mass is 294 g/mol. The Kier molecular flexibility index (Phi) is 5.76. The van der Waals surface area contributed by atoms with Crippen LogP contribution in [0.25, 0.3) is 0 Å². The number of carbonyl (C=O) groups excluding carboxylic acids is 1. The standard InChI is InChI=1S/C15H26N4O2/c1-12(2)19-14(6-8-16-19)17-15(21)11-18-9-4-3-5-13(18)7-10-20/h6,8,12-13,20H,3-5,7,9-11H2,1-2H3,(H,17,21). The average Bonchev–Trinajstić information content (AvgIpc) is 2.89. The summed E-state index contributed by atoms with van der Waals surface area (Å²) in [6.45, 7) is 5.56. The van der Waals surface area contributed by atoms with Crippen molar-refractivity contribution in [1.82, 2.24) is 14.7 Å². The zero-order valence-electron chi connectivity index (χ0n) is 13.0. The molecule has 1 atom stereocenters. The molecule has 1 saturated heterocycles. The number of anilines is 1. The molecule has 1 aliphatic rings. The number of piperidine rings is 1. The van der Waals surface area contributed by atoms with Crippen molar-refractivity contribution in [2.24, 2.45) is 0 Å². The lowest BCUT2D eigenvalue weighted by Crippen LogP contribution is -2.44. The Morgan fingerprint density at radius 3 is 3.05 bits per heavy atom. The van der Waals surface area contributed by atoms with Crippen LogP contribution in [0, 0.1) is 0 Å². The molecule has 0 aromatic carbocycles. The van der Waals surface area contributed by atoms with Crippen LogP contribution in [0.2, 0.25) is 0 Å². The van der Waals surface area contributed by atoms with E-state index in [4.69, 9.17) is 5.11 Å². The topological polar surface area (TPSA) is 70.4 Å². The molecule has 1 aromatic heterocycles. The summed E-state index contributed by atoms with van der Waals surface area (Å²) in [5.41, 5.74) is 0. The summed E-state index contributed by atoms with van der Waals surface area (Å²) in [6.07, 6.45) is 5.82. The largest absolute Gasteiger partial charge is 0.396 e. The highest BCUT2D eigenvalue weighted by Gasteiger charge is 2.24. The van der Waals surface area contributed by atoms with E-state index in [1.54, 1.807) is 10.9 Å². The molecule has 1 fully saturated rings. The van der Waals surface area contributed by atoms with Gasteiger partial charge < -0.3 is 10.4 Å². The third kappa shape index (κ3) is 4.28. The third-order valence-electron chi connectivity index (χ3n) is 3.99. The normalized spacial score (nSPS) is 19.9. The zero-order chi connectivity index (χ0) is 15.2. The SMILES string of the molecule is CC(C)n1nccc1NC(=O)CN1CCCCC1CCO. The van der Waals surface area contributed by atoms with Gasteiger partial charge in [-0.2, -0.15) is 5.10 Å². The first-order chi connectivity index (χ1) is 10.1. The minimum atomic E-state index is -0.0118. The predicted octanol–water partition coefficient (Wildman–Crippen LogP) is 1.64. The molecule has 2 N–H and O–H groups in total. The number of hydrogen-bond donors (Lipinski definition) is 2. The van der Waals surface area contributed by atoms with Crippen LogP contribution in [-0.2, 0) is 4.79 Å². The van der Waals surface area contributed by atoms with E-state index < -0.39 is 0 Å². The fourth-order valence-corrected chi connectivity index (χ4v) is 2.94. The number of rotatable bonds is 6. The lowest BCUT2D eigenvalue weighted by atomic mass is 10.00. The second kappa shape index (κ2) is 7.56. The summed E-state index contributed by atoms with van der Waals surface area (Å²) < 4.78 is 1.80. The molecule has 1 amide bonds. The van der Waals surface area contributed by atoms with Gasteiger partial charge in [0.15, 0.2) is 0 Å². The fraction of sp³-hybridized carbons (Fsp3) is 0.733. The van der Waals surface area contributed by atoms with Crippen molar-refractivity contribution in [3.05, 3.63) is 12.3 Å². The molecule has 0 spiro atoms. The summed E-state index contributed by atoms with van der Waals surface area (Å²) in [5, 5.41) is 16.3. The molecule has 118 valence electrons. The van der Waals surface area contributed by atoms with E-state index >= 15 is 0 Å². The fourth-order valence-electron chi connectivity index (χ4n) is 2.94. The molecule has 0 saturated carbocycles. The van der Waals surface area contributed by atoms with E-state index in [-0.39, 0.29) is 18.6 Å². The van der Waals surface area contributed by atoms with Gasteiger partial charge in [0.25, 0.3) is 0 Å². The molecule has 6 heteroatoms. The van der Waals surface area contributed by atoms with E-state index in [1.165, 1.54) is 6.42 Å². The summed E-state index contributed by atoms with van der Waals surface area (Å²) in [7, 11) is 0. The minimum absolute atomic E-state index is 0.0118. The quantitative estimate of drug-likeness (QED) is 0.837. The number of likely N-dealkylation sites (tertiary alicyclic amines) is 1. The maximum Gasteiger partial charge on any atom is 0.239 e. The first-order valence-corrected chi connectivity index (χ1v) is 7.80. The number of nitrogens with zero attached hydrogens (tertiary/aromatic N) is 3. The van der Waals surface area contributed by atoms with Gasteiger partial charge in [-0.3, -0.25) is 9.69 Å². The Morgan fingerprint density at radius 2 is 2.33 bits per heavy atom. The Hall–Kier alpha value is -1.40. The van der Waals surface area contributed by atoms with Crippen molar-refractivity contribution in [2.45, 2.75) is 51.6 Å². The lowest BCUT2D eigenvalue weighted by molar-refractivity contribution is -0.118. The van der Waals surface area contributed by atoms with Crippen LogP contribution < -0.4 is 5.32 Å². The maximum absolute atomic E-state index is 12.2. The van der Waals surface area contributed by atoms with Crippen LogP contribution in [0.15, 0.2) is 12.3 Å². The number of amides is 1. The van der Waals surface area contributed by atoms with Crippen LogP contribution in [0.4, 0.5) is 5.82 Å². The van der Waals surface area contributed by atoms with Gasteiger partial charge >= 0.3 is 0 Å². The molecule has 1 aromatic rings. The summed E-state index contributed by atoms with van der Waals surface area (Å²) in [6, 6.07) is 2.36. The van der Waals surface area contributed by atoms with Crippen molar-refractivity contribution in [3.8, 4) is 0 Å². The second-order valence-electron chi connectivity index (χ2n) is 5.94. The molecule has 0 bridgehead atoms. The van der Waals surface area contributed by atoms with Crippen molar-refractivity contribution in [3.63, 3.8) is 0 Å². The number of nitrogens with one attached hydrogen (secondary N) is 1. The minimum Gasteiger partial charge on any atom is -0.396 e. The van der Waals surface area contributed by atoms with Crippen molar-refractivity contribution < 1.29 is 9.90 Å². The maximum atomic E-state index is 12.2. The van der Waals surface area contributed by atoms with Gasteiger partial charge in [-0.1, -0.05) is 6.42 Å². The number of carbonyl (C=O) groups is 1. The Bertz CT molecular complexity index is 456. The summed E-state index contributed by atoms with van der Waals surface area (Å²) in [4.78, 5) is 14.4. The average molecular weight is 294 g/mol. The molecule has 0 aliphatic carbocycles. The number of aliphatic hydroxyl groups excluding tert-OH is 1. The Morgan fingerprint density at radius 1 is 1.52 bits per heavy atom. The van der Waals surface area contributed by atoms with E-state index in [0.29, 0.717) is 12.6 Å². The summed E-state index contributed by atoms with van der Waals surface area (Å²) in [5.74, 6) is 0.730. The molecule has 21 heavy (non-hydrogen) atoms. The van der Waals surface area contributed by atoms with E-state index in [0.717, 1.165) is 31.6 Å². The first-order valence-electron chi connectivity index (χ1n) is 7.80. The van der Waals surface area contributed by atoms with Crippen LogP contribution in [0.5, 0.6) is 0 Å². The molecule has 0 radical (unpaired) electrons. The van der Waals surface area contributed by atoms with Gasteiger partial charge in [0.05, 0.1) is 12.7 Å². The van der Waals surface area contributed by atoms with Gasteiger partial charge in [0.2, 0.25) is 5.91 Å². The van der Waals surface area contributed by atoms with Gasteiger partial charge in [0, 0.05) is 24.8 Å². The molecule has 6 nitrogen and oxygen atoms in total. The second-order valence-corrected chi connectivity index (χ2v) is 5.94. The lowest BCUT2D eigenvalue weighted by Gasteiger charge is -2.34. The first kappa shape index (κ1) is 16.0. The molecular formula is C15H26N4O2. The van der Waals surface area contributed by atoms with Crippen LogP contribution in [0.1, 0.15) is 45.6 Å². The number of aromatic nitrogens is 2. The van der Waals surface area contributed by atoms with Crippen molar-refractivity contribution in [1.29, 1.82) is 0 Å². The predicted molar refractivity (Wildman–Crippen MR) is 82.2 cm³/mol. The van der Waals surface area contributed by atoms with E-state index in [9.17, 15) is 4.79 Å². The smallest absolute Gasteiger partial charge is 0.239 e.